The van der Waals surface area contributed by atoms with Gasteiger partial charge in [-0.2, -0.15) is 5.10 Å². The Morgan fingerprint density at radius 2 is 2.18 bits per heavy atom. The molecule has 0 saturated carbocycles. The Morgan fingerprint density at radius 1 is 1.55 bits per heavy atom. The van der Waals surface area contributed by atoms with Crippen LogP contribution in [0, 0.1) is 5.41 Å². The number of aromatic nitrogens is 2. The number of nitrogens with one attached hydrogen (secondary N) is 1. The Balaban J connectivity index is 2.78. The van der Waals surface area contributed by atoms with Gasteiger partial charge in [-0.3, -0.25) is 5.10 Å². The molecule has 0 saturated heterocycles. The highest BCUT2D eigenvalue weighted by atomic mass is 16.3. The van der Waals surface area contributed by atoms with Crippen molar-refractivity contribution in [2.45, 2.75) is 26.9 Å². The lowest BCUT2D eigenvalue weighted by Gasteiger charge is -2.24. The minimum absolute atomic E-state index is 0.132. The van der Waals surface area contributed by atoms with Gasteiger partial charge >= 0.3 is 0 Å². The molecule has 1 heterocycles. The first-order valence-corrected chi connectivity index (χ1v) is 3.69. The Bertz CT molecular complexity index is 210. The smallest absolute Gasteiger partial charge is 0.100 e. The van der Waals surface area contributed by atoms with Crippen LogP contribution >= 0.6 is 0 Å². The summed E-state index contributed by atoms with van der Waals surface area (Å²) in [5.74, 6) is 0. The molecule has 1 atom stereocenters. The summed E-state index contributed by atoms with van der Waals surface area (Å²) in [7, 11) is 0. The highest BCUT2D eigenvalue weighted by Gasteiger charge is 2.24. The van der Waals surface area contributed by atoms with Gasteiger partial charge in [0.15, 0.2) is 0 Å². The van der Waals surface area contributed by atoms with E-state index in [4.69, 9.17) is 0 Å². The largest absolute Gasteiger partial charge is 0.386 e. The lowest BCUT2D eigenvalue weighted by molar-refractivity contribution is 0.0589. The third kappa shape index (κ3) is 1.80. The summed E-state index contributed by atoms with van der Waals surface area (Å²) in [4.78, 5) is 0. The van der Waals surface area contributed by atoms with Crippen LogP contribution < -0.4 is 0 Å². The molecule has 11 heavy (non-hydrogen) atoms. The molecule has 0 spiro atoms. The lowest BCUT2D eigenvalue weighted by atomic mass is 9.87. The van der Waals surface area contributed by atoms with Crippen LogP contribution in [0.5, 0.6) is 0 Å². The Morgan fingerprint density at radius 3 is 2.55 bits per heavy atom. The van der Waals surface area contributed by atoms with E-state index in [9.17, 15) is 5.11 Å². The van der Waals surface area contributed by atoms with Crippen LogP contribution in [0.1, 0.15) is 32.6 Å². The van der Waals surface area contributed by atoms with Crippen LogP contribution in [0.15, 0.2) is 12.3 Å². The average molecular weight is 154 g/mol. The second-order valence-corrected chi connectivity index (χ2v) is 3.78. The molecular weight excluding hydrogens is 140 g/mol. The van der Waals surface area contributed by atoms with E-state index in [0.717, 1.165) is 5.69 Å². The molecule has 0 radical (unpaired) electrons. The number of aliphatic hydroxyl groups is 1. The van der Waals surface area contributed by atoms with Crippen molar-refractivity contribution in [3.63, 3.8) is 0 Å². The van der Waals surface area contributed by atoms with E-state index in [1.807, 2.05) is 20.8 Å². The summed E-state index contributed by atoms with van der Waals surface area (Å²) in [5, 5.41) is 16.2. The molecule has 1 aromatic heterocycles. The van der Waals surface area contributed by atoms with Gasteiger partial charge in [-0.05, 0) is 11.5 Å². The molecule has 3 nitrogen and oxygen atoms in total. The molecule has 3 heteroatoms. The number of H-pyrrole nitrogens is 1. The third-order valence-corrected chi connectivity index (χ3v) is 1.64. The number of hydrogen-bond acceptors (Lipinski definition) is 2. The Labute approximate surface area is 66.4 Å². The highest BCUT2D eigenvalue weighted by molar-refractivity contribution is 5.04. The van der Waals surface area contributed by atoms with E-state index in [1.54, 1.807) is 12.3 Å². The predicted molar refractivity (Wildman–Crippen MR) is 43.0 cm³/mol. The topological polar surface area (TPSA) is 48.9 Å². The normalized spacial score (nSPS) is 14.9. The van der Waals surface area contributed by atoms with Crippen LogP contribution in [0.4, 0.5) is 0 Å². The monoisotopic (exact) mass is 154 g/mol. The Hall–Kier alpha value is -0.830. The van der Waals surface area contributed by atoms with Gasteiger partial charge < -0.3 is 5.11 Å². The summed E-state index contributed by atoms with van der Waals surface area (Å²) in [5.41, 5.74) is 0.643. The second kappa shape index (κ2) is 2.66. The predicted octanol–water partition coefficient (Wildman–Crippen LogP) is 1.49. The zero-order valence-corrected chi connectivity index (χ0v) is 7.13. The van der Waals surface area contributed by atoms with Crippen molar-refractivity contribution in [1.82, 2.24) is 10.2 Å². The second-order valence-electron chi connectivity index (χ2n) is 3.78. The minimum atomic E-state index is -0.468. The van der Waals surface area contributed by atoms with E-state index >= 15 is 0 Å². The maximum atomic E-state index is 9.67. The molecule has 0 aromatic carbocycles. The molecule has 0 aliphatic carbocycles. The number of rotatable bonds is 1. The van der Waals surface area contributed by atoms with Gasteiger partial charge in [0.25, 0.3) is 0 Å². The van der Waals surface area contributed by atoms with E-state index in [1.165, 1.54) is 0 Å². The van der Waals surface area contributed by atoms with E-state index in [-0.39, 0.29) is 5.41 Å². The first kappa shape index (κ1) is 8.27. The zero-order valence-electron chi connectivity index (χ0n) is 7.13. The van der Waals surface area contributed by atoms with Crippen molar-refractivity contribution >= 4 is 0 Å². The van der Waals surface area contributed by atoms with Gasteiger partial charge in [-0.25, -0.2) is 0 Å². The third-order valence-electron chi connectivity index (χ3n) is 1.64. The van der Waals surface area contributed by atoms with Gasteiger partial charge in [-0.15, -0.1) is 0 Å². The van der Waals surface area contributed by atoms with Gasteiger partial charge in [0.05, 0.1) is 5.69 Å². The van der Waals surface area contributed by atoms with Gasteiger partial charge in [0.2, 0.25) is 0 Å². The number of hydrogen-bond donors (Lipinski definition) is 2. The fraction of sp³-hybridized carbons (Fsp3) is 0.625. The molecule has 1 unspecified atom stereocenters. The molecule has 0 aliphatic rings. The molecular formula is C8H14N2O. The maximum absolute atomic E-state index is 9.67. The van der Waals surface area contributed by atoms with Gasteiger partial charge in [-0.1, -0.05) is 20.8 Å². The fourth-order valence-electron chi connectivity index (χ4n) is 0.885. The van der Waals surface area contributed by atoms with Crippen LogP contribution in [-0.2, 0) is 0 Å². The first-order valence-electron chi connectivity index (χ1n) is 3.69. The van der Waals surface area contributed by atoms with Gasteiger partial charge in [0, 0.05) is 6.20 Å². The lowest BCUT2D eigenvalue weighted by Crippen LogP contribution is -2.18. The fourth-order valence-corrected chi connectivity index (χ4v) is 0.885. The number of aliphatic hydroxyl groups excluding tert-OH is 1. The summed E-state index contributed by atoms with van der Waals surface area (Å²) in [6.07, 6.45) is 1.18. The van der Waals surface area contributed by atoms with E-state index in [2.05, 4.69) is 10.2 Å². The van der Waals surface area contributed by atoms with E-state index in [0.29, 0.717) is 0 Å². The van der Waals surface area contributed by atoms with Crippen LogP contribution in [-0.4, -0.2) is 15.3 Å². The summed E-state index contributed by atoms with van der Waals surface area (Å²) in [6, 6.07) is 1.79. The SMILES string of the molecule is CC(C)(C)C(O)c1ccn[nH]1. The average Bonchev–Trinajstić information content (AvgIpc) is 2.34. The Kier molecular flexibility index (Phi) is 2.00. The number of aromatic amines is 1. The van der Waals surface area contributed by atoms with Crippen LogP contribution in [0.2, 0.25) is 0 Å². The molecule has 0 bridgehead atoms. The summed E-state index contributed by atoms with van der Waals surface area (Å²) < 4.78 is 0. The van der Waals surface area contributed by atoms with Crippen molar-refractivity contribution in [3.05, 3.63) is 18.0 Å². The standard InChI is InChI=1S/C8H14N2O/c1-8(2,3)7(11)6-4-5-9-10-6/h4-5,7,11H,1-3H3,(H,9,10). The summed E-state index contributed by atoms with van der Waals surface area (Å²) in [6.45, 7) is 5.95. The van der Waals surface area contributed by atoms with Crippen LogP contribution in [0.3, 0.4) is 0 Å². The maximum Gasteiger partial charge on any atom is 0.100 e. The molecule has 0 aliphatic heterocycles. The molecule has 1 aromatic rings. The highest BCUT2D eigenvalue weighted by Crippen LogP contribution is 2.30. The van der Waals surface area contributed by atoms with Crippen molar-refractivity contribution in [2.75, 3.05) is 0 Å². The molecule has 0 amide bonds. The van der Waals surface area contributed by atoms with Gasteiger partial charge in [0.1, 0.15) is 6.10 Å². The number of nitrogens with zero attached hydrogens (tertiary/aromatic N) is 1. The van der Waals surface area contributed by atoms with Crippen molar-refractivity contribution in [1.29, 1.82) is 0 Å². The molecule has 62 valence electrons. The molecule has 0 fully saturated rings. The summed E-state index contributed by atoms with van der Waals surface area (Å²) >= 11 is 0. The quantitative estimate of drug-likeness (QED) is 0.643. The first-order chi connectivity index (χ1) is 5.02. The molecule has 2 N–H and O–H groups in total. The van der Waals surface area contributed by atoms with Crippen LogP contribution in [0.25, 0.3) is 0 Å². The zero-order chi connectivity index (χ0) is 8.48. The molecule has 1 rings (SSSR count). The minimum Gasteiger partial charge on any atom is -0.386 e. The van der Waals surface area contributed by atoms with E-state index < -0.39 is 6.10 Å². The van der Waals surface area contributed by atoms with Crippen molar-refractivity contribution in [2.24, 2.45) is 5.41 Å². The van der Waals surface area contributed by atoms with Crippen molar-refractivity contribution in [3.8, 4) is 0 Å². The van der Waals surface area contributed by atoms with Crippen molar-refractivity contribution < 1.29 is 5.11 Å².